The number of rotatable bonds is 16. The number of aromatic hydroxyl groups is 3. The lowest BCUT2D eigenvalue weighted by molar-refractivity contribution is -0.132. The van der Waals surface area contributed by atoms with Gasteiger partial charge in [-0.1, -0.05) is 50.2 Å². The molecule has 4 aromatic carbocycles. The first-order valence-electron chi connectivity index (χ1n) is 27.6. The number of phenols is 3. The van der Waals surface area contributed by atoms with E-state index in [1.807, 2.05) is 73.9 Å². The molecule has 3 fully saturated rings. The second kappa shape index (κ2) is 23.4. The fourth-order valence-corrected chi connectivity index (χ4v) is 11.5. The highest BCUT2D eigenvalue weighted by Gasteiger charge is 2.31. The monoisotopic (exact) mass is 1050 g/mol. The third-order valence-electron chi connectivity index (χ3n) is 15.7. The van der Waals surface area contributed by atoms with Gasteiger partial charge in [-0.05, 0) is 86.2 Å². The molecule has 0 unspecified atom stereocenters. The molecule has 19 heteroatoms. The van der Waals surface area contributed by atoms with Crippen LogP contribution in [0.4, 0.5) is 17.5 Å². The van der Waals surface area contributed by atoms with Gasteiger partial charge < -0.3 is 50.5 Å². The van der Waals surface area contributed by atoms with E-state index in [1.54, 1.807) is 16.7 Å². The highest BCUT2D eigenvalue weighted by atomic mass is 16.3. The first-order chi connectivity index (χ1) is 37.3. The van der Waals surface area contributed by atoms with Gasteiger partial charge in [0.1, 0.15) is 23.1 Å². The summed E-state index contributed by atoms with van der Waals surface area (Å²) < 4.78 is 1.66. The zero-order valence-electron chi connectivity index (χ0n) is 44.9. The summed E-state index contributed by atoms with van der Waals surface area (Å²) in [6.45, 7) is 19.1. The molecule has 0 aliphatic carbocycles. The van der Waals surface area contributed by atoms with E-state index in [2.05, 4.69) is 58.6 Å². The molecule has 3 saturated heterocycles. The number of nitrogens with zero attached hydrogens (tertiary/aromatic N) is 11. The number of hydrogen-bond donors (Lipinski definition) is 5. The summed E-state index contributed by atoms with van der Waals surface area (Å²) in [6.07, 6.45) is 4.07. The molecule has 6 heterocycles. The van der Waals surface area contributed by atoms with Crippen LogP contribution in [0.3, 0.4) is 0 Å². The average Bonchev–Trinajstić information content (AvgIpc) is 3.89. The molecule has 0 bridgehead atoms. The second-order valence-electron chi connectivity index (χ2n) is 21.3. The van der Waals surface area contributed by atoms with Crippen molar-refractivity contribution in [2.45, 2.75) is 85.4 Å². The summed E-state index contributed by atoms with van der Waals surface area (Å²) in [5.74, 6) is 2.32. The van der Waals surface area contributed by atoms with E-state index < -0.39 is 0 Å². The van der Waals surface area contributed by atoms with Crippen molar-refractivity contribution >= 4 is 45.9 Å². The van der Waals surface area contributed by atoms with Gasteiger partial charge in [0.2, 0.25) is 23.6 Å². The SMILES string of the molecule is CCC(=O)N1CCN(c2nc(NCCC(=O)N3CCC(CN4CCN(Cc5ccc(-n6c(C(=O)NC(C)C)nnc6-c6cc(CC)c(O)cc6O)cc5)CC4)CC3)nc3c2CCN(c2cc(O)cc4ccccc24)C3)CC1. The summed E-state index contributed by atoms with van der Waals surface area (Å²) in [7, 11) is 0. The van der Waals surface area contributed by atoms with Gasteiger partial charge in [0.15, 0.2) is 5.82 Å². The maximum absolute atomic E-state index is 13.7. The standard InChI is InChI=1S/C58H73N13O6/c1-5-41-32-47(51(74)34-50(41)73)55-63-64-56(57(77)60-38(3)4)71(55)43-13-11-39(12-14-43)35-65-23-25-66(26-24-65)36-40-16-20-67(21-17-40)53(76)15-19-59-58-61-48-37-70(49-33-44(72)31-42-9-7-8-10-45(42)49)22-18-46(48)54(62-58)69-29-27-68(28-30-69)52(75)6-2/h7-14,31-34,38,40,72-74H,5-6,15-30,35-37H2,1-4H3,(H,60,77)(H,59,61,62). The molecule has 5 N–H and O–H groups in total. The van der Waals surface area contributed by atoms with Gasteiger partial charge in [0.25, 0.3) is 5.91 Å². The van der Waals surface area contributed by atoms with Crippen LogP contribution >= 0.6 is 0 Å². The maximum Gasteiger partial charge on any atom is 0.289 e. The summed E-state index contributed by atoms with van der Waals surface area (Å²) in [6, 6.07) is 22.6. The molecular formula is C58H73N13O6. The Labute approximate surface area is 450 Å². The van der Waals surface area contributed by atoms with Gasteiger partial charge >= 0.3 is 0 Å². The van der Waals surface area contributed by atoms with E-state index in [4.69, 9.17) is 9.97 Å². The number of carbonyl (C=O) groups excluding carboxylic acids is 3. The lowest BCUT2D eigenvalue weighted by Crippen LogP contribution is -2.49. The number of aryl methyl sites for hydroxylation is 1. The summed E-state index contributed by atoms with van der Waals surface area (Å²) >= 11 is 0. The molecule has 3 amide bonds. The number of piperazine rings is 2. The van der Waals surface area contributed by atoms with Crippen LogP contribution in [0.5, 0.6) is 17.2 Å². The number of phenolic OH excluding ortho intramolecular Hbond substituents is 3. The second-order valence-corrected chi connectivity index (χ2v) is 21.3. The Morgan fingerprint density at radius 1 is 0.740 bits per heavy atom. The average molecular weight is 1050 g/mol. The number of aromatic nitrogens is 5. The Hall–Kier alpha value is -7.51. The Bertz CT molecular complexity index is 3090. The van der Waals surface area contributed by atoms with Crippen LogP contribution < -0.4 is 20.4 Å². The molecule has 6 aromatic rings. The van der Waals surface area contributed by atoms with Gasteiger partial charge in [-0.15, -0.1) is 10.2 Å². The topological polar surface area (TPSA) is 212 Å². The number of piperidine rings is 1. The predicted octanol–water partition coefficient (Wildman–Crippen LogP) is 6.17. The van der Waals surface area contributed by atoms with Crippen LogP contribution in [0, 0.1) is 5.92 Å². The normalized spacial score (nSPS) is 16.8. The van der Waals surface area contributed by atoms with Crippen molar-refractivity contribution in [3.8, 4) is 34.3 Å². The smallest absolute Gasteiger partial charge is 0.289 e. The highest BCUT2D eigenvalue weighted by Crippen LogP contribution is 2.38. The molecule has 0 atom stereocenters. The quantitative estimate of drug-likeness (QED) is 0.0734. The Morgan fingerprint density at radius 3 is 2.19 bits per heavy atom. The van der Waals surface area contributed by atoms with Crippen molar-refractivity contribution in [3.63, 3.8) is 0 Å². The fourth-order valence-electron chi connectivity index (χ4n) is 11.5. The number of amides is 3. The van der Waals surface area contributed by atoms with Gasteiger partial charge in [0, 0.05) is 145 Å². The van der Waals surface area contributed by atoms with Gasteiger partial charge in [-0.3, -0.25) is 23.9 Å². The molecule has 0 saturated carbocycles. The van der Waals surface area contributed by atoms with Crippen molar-refractivity contribution in [3.05, 3.63) is 101 Å². The van der Waals surface area contributed by atoms with Crippen LogP contribution in [0.2, 0.25) is 0 Å². The molecule has 10 rings (SSSR count). The van der Waals surface area contributed by atoms with Crippen LogP contribution in [0.25, 0.3) is 27.8 Å². The van der Waals surface area contributed by atoms with E-state index >= 15 is 0 Å². The maximum atomic E-state index is 13.7. The minimum Gasteiger partial charge on any atom is -0.508 e. The molecular weight excluding hydrogens is 975 g/mol. The number of likely N-dealkylation sites (tertiary alicyclic amines) is 1. The summed E-state index contributed by atoms with van der Waals surface area (Å²) in [4.78, 5) is 63.2. The largest absolute Gasteiger partial charge is 0.508 e. The Balaban J connectivity index is 0.709. The zero-order chi connectivity index (χ0) is 53.7. The molecule has 77 heavy (non-hydrogen) atoms. The van der Waals surface area contributed by atoms with Crippen molar-refractivity contribution in [1.82, 2.24) is 49.6 Å². The third kappa shape index (κ3) is 11.9. The van der Waals surface area contributed by atoms with Crippen molar-refractivity contribution in [2.75, 3.05) is 100 Å². The minimum atomic E-state index is -0.380. The predicted molar refractivity (Wildman–Crippen MR) is 298 cm³/mol. The van der Waals surface area contributed by atoms with E-state index in [1.165, 1.54) is 6.07 Å². The number of anilines is 3. The van der Waals surface area contributed by atoms with Gasteiger partial charge in [0.05, 0.1) is 17.8 Å². The number of hydrogen-bond acceptors (Lipinski definition) is 15. The van der Waals surface area contributed by atoms with Crippen LogP contribution in [-0.4, -0.2) is 168 Å². The lowest BCUT2D eigenvalue weighted by Gasteiger charge is -2.39. The molecule has 0 radical (unpaired) electrons. The number of nitrogens with one attached hydrogen (secondary N) is 2. The number of carbonyl (C=O) groups is 3. The number of benzene rings is 4. The molecule has 0 spiro atoms. The van der Waals surface area contributed by atoms with Gasteiger partial charge in [-0.2, -0.15) is 4.98 Å². The molecule has 406 valence electrons. The minimum absolute atomic E-state index is 0.00292. The lowest BCUT2D eigenvalue weighted by atomic mass is 9.95. The Kier molecular flexibility index (Phi) is 16.1. The van der Waals surface area contributed by atoms with E-state index in [0.29, 0.717) is 93.0 Å². The first-order valence-corrected chi connectivity index (χ1v) is 27.6. The van der Waals surface area contributed by atoms with Crippen LogP contribution in [0.15, 0.2) is 72.8 Å². The molecule has 2 aromatic heterocycles. The van der Waals surface area contributed by atoms with Crippen molar-refractivity contribution < 1.29 is 29.7 Å². The van der Waals surface area contributed by atoms with Gasteiger partial charge in [-0.25, -0.2) is 4.98 Å². The Morgan fingerprint density at radius 2 is 1.47 bits per heavy atom. The van der Waals surface area contributed by atoms with E-state index in [-0.39, 0.29) is 46.8 Å². The number of fused-ring (bicyclic) bond motifs is 2. The van der Waals surface area contributed by atoms with Crippen LogP contribution in [0.1, 0.15) is 86.4 Å². The van der Waals surface area contributed by atoms with Crippen LogP contribution in [-0.2, 0) is 35.5 Å². The highest BCUT2D eigenvalue weighted by molar-refractivity contribution is 5.96. The van der Waals surface area contributed by atoms with Crippen molar-refractivity contribution in [2.24, 2.45) is 5.92 Å². The van der Waals surface area contributed by atoms with Crippen molar-refractivity contribution in [1.29, 1.82) is 0 Å². The third-order valence-corrected chi connectivity index (χ3v) is 15.7. The molecule has 4 aliphatic heterocycles. The molecule has 4 aliphatic rings. The van der Waals surface area contributed by atoms with E-state index in [0.717, 1.165) is 117 Å². The summed E-state index contributed by atoms with van der Waals surface area (Å²) in [5, 5.41) is 49.0. The first kappa shape index (κ1) is 52.9. The summed E-state index contributed by atoms with van der Waals surface area (Å²) in [5.41, 5.74) is 5.84. The fraction of sp³-hybridized carbons (Fsp3) is 0.466. The van der Waals surface area contributed by atoms with E-state index in [9.17, 15) is 29.7 Å². The molecule has 19 nitrogen and oxygen atoms in total. The zero-order valence-corrected chi connectivity index (χ0v) is 44.9.